The average Bonchev–Trinajstić information content (AvgIpc) is 3.25. The molecule has 2 aliphatic heterocycles. The standard InChI is InChI=1S/C23H27N3O5/c1-23(2,3)31-22(30)24-14-8-7-13(11-14)15-5-4-6-16-17(15)12-26(21(16)29)18-9-10-19(27)25-20(18)28/h4-7,14,18H,8-12H2,1-3H3,(H,24,30)(H,25,27,28). The van der Waals surface area contributed by atoms with Gasteiger partial charge in [0.05, 0.1) is 0 Å². The Labute approximate surface area is 181 Å². The minimum Gasteiger partial charge on any atom is -0.444 e. The van der Waals surface area contributed by atoms with E-state index in [1.165, 1.54) is 0 Å². The van der Waals surface area contributed by atoms with E-state index in [-0.39, 0.29) is 24.3 Å². The zero-order chi connectivity index (χ0) is 22.3. The molecule has 2 N–H and O–H groups in total. The topological polar surface area (TPSA) is 105 Å². The summed E-state index contributed by atoms with van der Waals surface area (Å²) in [5.74, 6) is -0.903. The normalized spacial score (nSPS) is 23.4. The summed E-state index contributed by atoms with van der Waals surface area (Å²) in [6.45, 7) is 5.80. The lowest BCUT2D eigenvalue weighted by atomic mass is 9.96. The number of imide groups is 1. The number of amides is 4. The summed E-state index contributed by atoms with van der Waals surface area (Å²) in [6.07, 6.45) is 3.53. The number of rotatable bonds is 3. The molecular weight excluding hydrogens is 398 g/mol. The van der Waals surface area contributed by atoms with Crippen molar-refractivity contribution in [2.24, 2.45) is 0 Å². The van der Waals surface area contributed by atoms with Crippen molar-refractivity contribution in [3.05, 3.63) is 41.0 Å². The van der Waals surface area contributed by atoms with E-state index in [1.807, 2.05) is 32.9 Å². The van der Waals surface area contributed by atoms with Crippen LogP contribution in [0.5, 0.6) is 0 Å². The molecule has 2 heterocycles. The quantitative estimate of drug-likeness (QED) is 0.724. The van der Waals surface area contributed by atoms with Gasteiger partial charge >= 0.3 is 6.09 Å². The van der Waals surface area contributed by atoms with Crippen molar-refractivity contribution in [2.75, 3.05) is 0 Å². The number of benzene rings is 1. The lowest BCUT2D eigenvalue weighted by Gasteiger charge is -2.29. The molecule has 0 saturated carbocycles. The van der Waals surface area contributed by atoms with Gasteiger partial charge in [-0.05, 0) is 62.8 Å². The lowest BCUT2D eigenvalue weighted by Crippen LogP contribution is -2.52. The molecule has 8 heteroatoms. The average molecular weight is 425 g/mol. The van der Waals surface area contributed by atoms with Crippen molar-refractivity contribution in [1.82, 2.24) is 15.5 Å². The maximum Gasteiger partial charge on any atom is 0.407 e. The number of hydrogen-bond donors (Lipinski definition) is 2. The van der Waals surface area contributed by atoms with Gasteiger partial charge in [-0.3, -0.25) is 19.7 Å². The second-order valence-corrected chi connectivity index (χ2v) is 9.24. The molecule has 1 aliphatic carbocycles. The van der Waals surface area contributed by atoms with Gasteiger partial charge in [-0.25, -0.2) is 4.79 Å². The van der Waals surface area contributed by atoms with Gasteiger partial charge in [0.25, 0.3) is 5.91 Å². The molecule has 0 spiro atoms. The van der Waals surface area contributed by atoms with Gasteiger partial charge in [0.1, 0.15) is 11.6 Å². The van der Waals surface area contributed by atoms with E-state index in [1.54, 1.807) is 11.0 Å². The van der Waals surface area contributed by atoms with Crippen molar-refractivity contribution < 1.29 is 23.9 Å². The summed E-state index contributed by atoms with van der Waals surface area (Å²) in [4.78, 5) is 50.4. The molecule has 1 aromatic rings. The van der Waals surface area contributed by atoms with E-state index in [0.29, 0.717) is 31.4 Å². The first-order valence-electron chi connectivity index (χ1n) is 10.6. The van der Waals surface area contributed by atoms with Crippen LogP contribution in [-0.2, 0) is 20.9 Å². The zero-order valence-corrected chi connectivity index (χ0v) is 18.0. The van der Waals surface area contributed by atoms with Gasteiger partial charge in [0.15, 0.2) is 0 Å². The number of nitrogens with zero attached hydrogens (tertiary/aromatic N) is 1. The molecule has 8 nitrogen and oxygen atoms in total. The molecule has 0 bridgehead atoms. The minimum absolute atomic E-state index is 0.0657. The third-order valence-electron chi connectivity index (χ3n) is 5.76. The molecule has 2 atom stereocenters. The third-order valence-corrected chi connectivity index (χ3v) is 5.76. The number of hydrogen-bond acceptors (Lipinski definition) is 5. The SMILES string of the molecule is CC(C)(C)OC(=O)NC1CC=C(c2cccc3c2CN(C2CCC(=O)NC2=O)C3=O)C1. The molecule has 1 aromatic carbocycles. The molecule has 2 unspecified atom stereocenters. The maximum absolute atomic E-state index is 13.0. The second-order valence-electron chi connectivity index (χ2n) is 9.24. The Hall–Kier alpha value is -3.16. The molecule has 31 heavy (non-hydrogen) atoms. The molecule has 0 aromatic heterocycles. The smallest absolute Gasteiger partial charge is 0.407 e. The van der Waals surface area contributed by atoms with Gasteiger partial charge < -0.3 is 15.0 Å². The molecule has 0 radical (unpaired) electrons. The van der Waals surface area contributed by atoms with Crippen LogP contribution in [0.2, 0.25) is 0 Å². The van der Waals surface area contributed by atoms with Crippen LogP contribution in [0.15, 0.2) is 24.3 Å². The number of fused-ring (bicyclic) bond motifs is 1. The van der Waals surface area contributed by atoms with Gasteiger partial charge in [-0.1, -0.05) is 18.2 Å². The van der Waals surface area contributed by atoms with Crippen LogP contribution in [0, 0.1) is 0 Å². The highest BCUT2D eigenvalue weighted by Gasteiger charge is 2.40. The van der Waals surface area contributed by atoms with E-state index >= 15 is 0 Å². The highest BCUT2D eigenvalue weighted by Crippen LogP contribution is 2.36. The summed E-state index contributed by atoms with van der Waals surface area (Å²) in [6, 6.07) is 4.89. The fraction of sp³-hybridized carbons (Fsp3) is 0.478. The summed E-state index contributed by atoms with van der Waals surface area (Å²) in [7, 11) is 0. The summed E-state index contributed by atoms with van der Waals surface area (Å²) >= 11 is 0. The molecule has 4 amide bonds. The van der Waals surface area contributed by atoms with Crippen LogP contribution in [0.1, 0.15) is 67.9 Å². The number of alkyl carbamates (subject to hydrolysis) is 1. The molecule has 3 aliphatic rings. The van der Waals surface area contributed by atoms with Gasteiger partial charge in [0.2, 0.25) is 11.8 Å². The Balaban J connectivity index is 1.48. The summed E-state index contributed by atoms with van der Waals surface area (Å²) in [5, 5.41) is 5.23. The van der Waals surface area contributed by atoms with Crippen LogP contribution in [0.3, 0.4) is 0 Å². The van der Waals surface area contributed by atoms with Crippen LogP contribution in [0.4, 0.5) is 4.79 Å². The maximum atomic E-state index is 13.0. The highest BCUT2D eigenvalue weighted by molar-refractivity contribution is 6.06. The van der Waals surface area contributed by atoms with Gasteiger partial charge in [-0.15, -0.1) is 0 Å². The summed E-state index contributed by atoms with van der Waals surface area (Å²) < 4.78 is 5.34. The van der Waals surface area contributed by atoms with Crippen molar-refractivity contribution in [3.8, 4) is 0 Å². The van der Waals surface area contributed by atoms with Crippen molar-refractivity contribution in [2.45, 2.75) is 70.7 Å². The minimum atomic E-state index is -0.635. The molecular formula is C23H27N3O5. The second kappa shape index (κ2) is 7.83. The van der Waals surface area contributed by atoms with E-state index in [0.717, 1.165) is 16.7 Å². The first kappa shape index (κ1) is 21.1. The Morgan fingerprint density at radius 2 is 1.94 bits per heavy atom. The highest BCUT2D eigenvalue weighted by atomic mass is 16.6. The van der Waals surface area contributed by atoms with Crippen LogP contribution < -0.4 is 10.6 Å². The van der Waals surface area contributed by atoms with E-state index in [4.69, 9.17) is 4.74 Å². The number of nitrogens with one attached hydrogen (secondary N) is 2. The fourth-order valence-electron chi connectivity index (χ4n) is 4.41. The number of piperidine rings is 1. The van der Waals surface area contributed by atoms with Crippen molar-refractivity contribution >= 4 is 29.4 Å². The first-order valence-corrected chi connectivity index (χ1v) is 10.6. The third kappa shape index (κ3) is 4.33. The van der Waals surface area contributed by atoms with Crippen LogP contribution in [0.25, 0.3) is 5.57 Å². The predicted molar refractivity (Wildman–Crippen MR) is 113 cm³/mol. The van der Waals surface area contributed by atoms with Gasteiger partial charge in [0, 0.05) is 24.6 Å². The number of ether oxygens (including phenoxy) is 1. The molecule has 1 fully saturated rings. The predicted octanol–water partition coefficient (Wildman–Crippen LogP) is 2.52. The van der Waals surface area contributed by atoms with Crippen molar-refractivity contribution in [1.29, 1.82) is 0 Å². The lowest BCUT2D eigenvalue weighted by molar-refractivity contribution is -0.136. The molecule has 164 valence electrons. The van der Waals surface area contributed by atoms with E-state index in [2.05, 4.69) is 16.7 Å². The number of carbonyl (C=O) groups is 4. The zero-order valence-electron chi connectivity index (χ0n) is 18.0. The largest absolute Gasteiger partial charge is 0.444 e. The van der Waals surface area contributed by atoms with Crippen molar-refractivity contribution in [3.63, 3.8) is 0 Å². The van der Waals surface area contributed by atoms with E-state index in [9.17, 15) is 19.2 Å². The molecule has 1 saturated heterocycles. The summed E-state index contributed by atoms with van der Waals surface area (Å²) in [5.41, 5.74) is 2.96. The van der Waals surface area contributed by atoms with Crippen LogP contribution >= 0.6 is 0 Å². The number of carbonyl (C=O) groups excluding carboxylic acids is 4. The Bertz CT molecular complexity index is 991. The van der Waals surface area contributed by atoms with Crippen LogP contribution in [-0.4, -0.2) is 46.4 Å². The Morgan fingerprint density at radius 3 is 2.65 bits per heavy atom. The van der Waals surface area contributed by atoms with E-state index < -0.39 is 23.6 Å². The Morgan fingerprint density at radius 1 is 1.19 bits per heavy atom. The Kier molecular flexibility index (Phi) is 5.33. The van der Waals surface area contributed by atoms with Gasteiger partial charge in [-0.2, -0.15) is 0 Å². The first-order chi connectivity index (χ1) is 14.6. The monoisotopic (exact) mass is 425 g/mol. The fourth-order valence-corrected chi connectivity index (χ4v) is 4.41. The molecule has 4 rings (SSSR count).